The Morgan fingerprint density at radius 1 is 0.909 bits per heavy atom. The lowest BCUT2D eigenvalue weighted by molar-refractivity contribution is -0.159. The van der Waals surface area contributed by atoms with E-state index in [1.807, 2.05) is 0 Å². The van der Waals surface area contributed by atoms with Gasteiger partial charge in [0, 0.05) is 19.0 Å². The second-order valence-corrected chi connectivity index (χ2v) is 8.76. The molecule has 2 aromatic rings. The van der Waals surface area contributed by atoms with Crippen molar-refractivity contribution in [2.45, 2.75) is 52.6 Å². The van der Waals surface area contributed by atoms with E-state index in [9.17, 15) is 4.79 Å². The summed E-state index contributed by atoms with van der Waals surface area (Å²) in [5.41, 5.74) is 5.16. The van der Waals surface area contributed by atoms with Crippen molar-refractivity contribution in [3.8, 4) is 0 Å². The SMILES string of the molecule is Cc1ccc(CNC(=O)C2CCN(Cc3ccc(C(C)C)cc3)CC2)cc1.O=C(O)C(=O)O. The standard InChI is InChI=1S/C24H32N2O.C2H2O4/c1-18(2)22-10-8-21(9-11-22)17-26-14-12-23(13-15-26)24(27)25-16-20-6-4-19(3)5-7-20;3-1(4)2(5)6/h4-11,18,23H,12-17H2,1-3H3,(H,25,27);(H,3,4)(H,5,6). The van der Waals surface area contributed by atoms with E-state index < -0.39 is 11.9 Å². The third-order valence-electron chi connectivity index (χ3n) is 5.78. The number of nitrogens with one attached hydrogen (secondary N) is 1. The van der Waals surface area contributed by atoms with Gasteiger partial charge in [-0.15, -0.1) is 0 Å². The minimum atomic E-state index is -1.82. The fourth-order valence-electron chi connectivity index (χ4n) is 3.66. The monoisotopic (exact) mass is 454 g/mol. The van der Waals surface area contributed by atoms with E-state index in [-0.39, 0.29) is 11.8 Å². The zero-order chi connectivity index (χ0) is 24.4. The summed E-state index contributed by atoms with van der Waals surface area (Å²) in [6.07, 6.45) is 1.90. The first-order valence-electron chi connectivity index (χ1n) is 11.3. The summed E-state index contributed by atoms with van der Waals surface area (Å²) < 4.78 is 0. The molecule has 7 heteroatoms. The maximum absolute atomic E-state index is 12.5. The van der Waals surface area contributed by atoms with E-state index in [1.165, 1.54) is 16.7 Å². The smallest absolute Gasteiger partial charge is 0.414 e. The van der Waals surface area contributed by atoms with Gasteiger partial charge in [-0.25, -0.2) is 9.59 Å². The van der Waals surface area contributed by atoms with Gasteiger partial charge in [0.2, 0.25) is 5.91 Å². The molecule has 33 heavy (non-hydrogen) atoms. The van der Waals surface area contributed by atoms with Gasteiger partial charge in [0.05, 0.1) is 0 Å². The summed E-state index contributed by atoms with van der Waals surface area (Å²) in [5, 5.41) is 17.9. The highest BCUT2D eigenvalue weighted by atomic mass is 16.4. The summed E-state index contributed by atoms with van der Waals surface area (Å²) >= 11 is 0. The van der Waals surface area contributed by atoms with Crippen LogP contribution < -0.4 is 5.32 Å². The summed E-state index contributed by atoms with van der Waals surface area (Å²) in [5.74, 6) is -2.72. The van der Waals surface area contributed by atoms with E-state index in [4.69, 9.17) is 19.8 Å². The van der Waals surface area contributed by atoms with E-state index in [1.54, 1.807) is 0 Å². The minimum absolute atomic E-state index is 0.148. The van der Waals surface area contributed by atoms with Crippen LogP contribution in [0.2, 0.25) is 0 Å². The molecule has 1 saturated heterocycles. The number of rotatable bonds is 6. The molecule has 1 amide bonds. The number of hydrogen-bond donors (Lipinski definition) is 3. The van der Waals surface area contributed by atoms with E-state index >= 15 is 0 Å². The van der Waals surface area contributed by atoms with Crippen molar-refractivity contribution in [1.82, 2.24) is 10.2 Å². The Morgan fingerprint density at radius 2 is 1.42 bits per heavy atom. The van der Waals surface area contributed by atoms with Crippen molar-refractivity contribution in [3.63, 3.8) is 0 Å². The molecule has 1 aliphatic rings. The average Bonchev–Trinajstić information content (AvgIpc) is 2.79. The van der Waals surface area contributed by atoms with Gasteiger partial charge in [-0.1, -0.05) is 67.9 Å². The number of aliphatic carboxylic acids is 2. The van der Waals surface area contributed by atoms with Crippen LogP contribution in [0, 0.1) is 12.8 Å². The molecule has 2 aromatic carbocycles. The Kier molecular flexibility index (Phi) is 10.1. The summed E-state index contributed by atoms with van der Waals surface area (Å²) in [7, 11) is 0. The van der Waals surface area contributed by atoms with Crippen molar-refractivity contribution in [2.24, 2.45) is 5.92 Å². The fourth-order valence-corrected chi connectivity index (χ4v) is 3.66. The molecule has 0 unspecified atom stereocenters. The molecule has 0 bridgehead atoms. The quantitative estimate of drug-likeness (QED) is 0.573. The Balaban J connectivity index is 0.000000569. The first-order chi connectivity index (χ1) is 15.7. The van der Waals surface area contributed by atoms with Crippen LogP contribution in [0.25, 0.3) is 0 Å². The van der Waals surface area contributed by atoms with Crippen LogP contribution in [0.4, 0.5) is 0 Å². The third kappa shape index (κ3) is 9.06. The maximum atomic E-state index is 12.5. The van der Waals surface area contributed by atoms with E-state index in [0.717, 1.165) is 38.0 Å². The highest BCUT2D eigenvalue weighted by Crippen LogP contribution is 2.21. The number of aryl methyl sites for hydroxylation is 1. The molecule has 0 atom stereocenters. The maximum Gasteiger partial charge on any atom is 0.414 e. The number of nitrogens with zero attached hydrogens (tertiary/aromatic N) is 1. The normalized spacial score (nSPS) is 14.3. The zero-order valence-corrected chi connectivity index (χ0v) is 19.6. The Bertz CT molecular complexity index is 903. The Morgan fingerprint density at radius 3 is 1.91 bits per heavy atom. The van der Waals surface area contributed by atoms with Crippen molar-refractivity contribution >= 4 is 17.8 Å². The highest BCUT2D eigenvalue weighted by Gasteiger charge is 2.24. The number of piperidine rings is 1. The summed E-state index contributed by atoms with van der Waals surface area (Å²) in [6, 6.07) is 17.3. The van der Waals surface area contributed by atoms with Gasteiger partial charge in [-0.2, -0.15) is 0 Å². The van der Waals surface area contributed by atoms with Gasteiger partial charge in [-0.05, 0) is 55.5 Å². The molecule has 0 spiro atoms. The first kappa shape index (κ1) is 26.1. The molecular weight excluding hydrogens is 420 g/mol. The van der Waals surface area contributed by atoms with Crippen LogP contribution in [-0.2, 0) is 27.5 Å². The number of carboxylic acids is 2. The lowest BCUT2D eigenvalue weighted by Crippen LogP contribution is -2.40. The van der Waals surface area contributed by atoms with Gasteiger partial charge in [0.1, 0.15) is 0 Å². The molecule has 0 saturated carbocycles. The minimum Gasteiger partial charge on any atom is -0.473 e. The molecule has 7 nitrogen and oxygen atoms in total. The molecule has 3 rings (SSSR count). The number of carbonyl (C=O) groups is 3. The lowest BCUT2D eigenvalue weighted by atomic mass is 9.95. The number of carbonyl (C=O) groups excluding carboxylic acids is 1. The molecule has 0 aromatic heterocycles. The van der Waals surface area contributed by atoms with Crippen LogP contribution in [-0.4, -0.2) is 46.0 Å². The van der Waals surface area contributed by atoms with Crippen LogP contribution in [0.5, 0.6) is 0 Å². The van der Waals surface area contributed by atoms with Gasteiger partial charge in [-0.3, -0.25) is 9.69 Å². The Labute approximate surface area is 195 Å². The largest absolute Gasteiger partial charge is 0.473 e. The van der Waals surface area contributed by atoms with Crippen molar-refractivity contribution in [2.75, 3.05) is 13.1 Å². The van der Waals surface area contributed by atoms with Crippen molar-refractivity contribution < 1.29 is 24.6 Å². The average molecular weight is 455 g/mol. The topological polar surface area (TPSA) is 107 Å². The first-order valence-corrected chi connectivity index (χ1v) is 11.3. The van der Waals surface area contributed by atoms with Crippen LogP contribution >= 0.6 is 0 Å². The zero-order valence-electron chi connectivity index (χ0n) is 19.6. The molecular formula is C26H34N2O5. The second kappa shape index (κ2) is 12.7. The molecule has 0 aliphatic carbocycles. The summed E-state index contributed by atoms with van der Waals surface area (Å²) in [4.78, 5) is 33.1. The Hall–Kier alpha value is -3.19. The van der Waals surface area contributed by atoms with Gasteiger partial charge in [0.25, 0.3) is 0 Å². The number of hydrogen-bond acceptors (Lipinski definition) is 4. The number of likely N-dealkylation sites (tertiary alicyclic amines) is 1. The molecule has 1 heterocycles. The summed E-state index contributed by atoms with van der Waals surface area (Å²) in [6.45, 7) is 10.1. The number of benzene rings is 2. The molecule has 3 N–H and O–H groups in total. The van der Waals surface area contributed by atoms with Crippen LogP contribution in [0.1, 0.15) is 54.9 Å². The van der Waals surface area contributed by atoms with Gasteiger partial charge in [0.15, 0.2) is 0 Å². The highest BCUT2D eigenvalue weighted by molar-refractivity contribution is 6.27. The van der Waals surface area contributed by atoms with E-state index in [0.29, 0.717) is 12.5 Å². The van der Waals surface area contributed by atoms with Crippen molar-refractivity contribution in [1.29, 1.82) is 0 Å². The number of amides is 1. The predicted molar refractivity (Wildman–Crippen MR) is 127 cm³/mol. The van der Waals surface area contributed by atoms with Gasteiger partial charge < -0.3 is 15.5 Å². The third-order valence-corrected chi connectivity index (χ3v) is 5.78. The van der Waals surface area contributed by atoms with Crippen LogP contribution in [0.15, 0.2) is 48.5 Å². The molecule has 0 radical (unpaired) electrons. The molecule has 178 valence electrons. The van der Waals surface area contributed by atoms with Gasteiger partial charge >= 0.3 is 11.9 Å². The molecule has 1 fully saturated rings. The molecule has 1 aliphatic heterocycles. The predicted octanol–water partition coefficient (Wildman–Crippen LogP) is 3.80. The van der Waals surface area contributed by atoms with E-state index in [2.05, 4.69) is 79.5 Å². The fraction of sp³-hybridized carbons (Fsp3) is 0.423. The van der Waals surface area contributed by atoms with Crippen molar-refractivity contribution in [3.05, 3.63) is 70.8 Å². The van der Waals surface area contributed by atoms with Crippen LogP contribution in [0.3, 0.4) is 0 Å². The number of carboxylic acid groups (broad SMARTS) is 2. The lowest BCUT2D eigenvalue weighted by Gasteiger charge is -2.31. The second-order valence-electron chi connectivity index (χ2n) is 8.76.